The zero-order valence-electron chi connectivity index (χ0n) is 12.0. The van der Waals surface area contributed by atoms with E-state index in [0.29, 0.717) is 6.54 Å². The number of aliphatic carboxylic acids is 1. The number of nitrogens with zero attached hydrogens (tertiary/aromatic N) is 1. The van der Waals surface area contributed by atoms with E-state index in [-0.39, 0.29) is 19.0 Å². The Morgan fingerprint density at radius 2 is 2.19 bits per heavy atom. The average Bonchev–Trinajstić information content (AvgIpc) is 2.50. The lowest BCUT2D eigenvalue weighted by Gasteiger charge is -2.30. The van der Waals surface area contributed by atoms with Crippen LogP contribution in [0.2, 0.25) is 0 Å². The third-order valence-electron chi connectivity index (χ3n) is 3.57. The molecular formula is C15H20N2O4. The highest BCUT2D eigenvalue weighted by molar-refractivity contribution is 5.93. The molecule has 1 aromatic carbocycles. The van der Waals surface area contributed by atoms with Crippen molar-refractivity contribution in [2.75, 3.05) is 25.1 Å². The van der Waals surface area contributed by atoms with E-state index in [0.717, 1.165) is 24.1 Å². The van der Waals surface area contributed by atoms with Crippen molar-refractivity contribution in [1.29, 1.82) is 0 Å². The Morgan fingerprint density at radius 1 is 1.43 bits per heavy atom. The molecule has 6 nitrogen and oxygen atoms in total. The van der Waals surface area contributed by atoms with Crippen LogP contribution in [0.3, 0.4) is 0 Å². The Balaban J connectivity index is 1.97. The van der Waals surface area contributed by atoms with E-state index in [1.54, 1.807) is 4.90 Å². The molecule has 6 heteroatoms. The second kappa shape index (κ2) is 7.08. The maximum atomic E-state index is 12.3. The first kappa shape index (κ1) is 15.3. The minimum absolute atomic E-state index is 0.132. The number of urea groups is 1. The molecule has 1 aromatic rings. The molecule has 1 heterocycles. The third kappa shape index (κ3) is 3.95. The van der Waals surface area contributed by atoms with Crippen LogP contribution in [0.5, 0.6) is 0 Å². The van der Waals surface area contributed by atoms with Crippen LogP contribution in [0.1, 0.15) is 18.4 Å². The molecule has 1 aliphatic heterocycles. The molecule has 0 bridgehead atoms. The molecule has 0 fully saturated rings. The molecule has 114 valence electrons. The lowest BCUT2D eigenvalue weighted by molar-refractivity contribution is -0.139. The van der Waals surface area contributed by atoms with E-state index in [1.807, 2.05) is 24.3 Å². The predicted octanol–water partition coefficient (Wildman–Crippen LogP) is 1.64. The summed E-state index contributed by atoms with van der Waals surface area (Å²) in [4.78, 5) is 24.7. The molecule has 2 N–H and O–H groups in total. The summed E-state index contributed by atoms with van der Waals surface area (Å²) in [6.07, 6.45) is 1.24. The van der Waals surface area contributed by atoms with Crippen molar-refractivity contribution in [3.05, 3.63) is 29.8 Å². The quantitative estimate of drug-likeness (QED) is 0.864. The van der Waals surface area contributed by atoms with Crippen molar-refractivity contribution >= 4 is 17.7 Å². The molecule has 0 saturated carbocycles. The monoisotopic (exact) mass is 292 g/mol. The number of carboxylic acids is 1. The number of amides is 2. The topological polar surface area (TPSA) is 78.9 Å². The van der Waals surface area contributed by atoms with E-state index in [9.17, 15) is 9.59 Å². The number of para-hydroxylation sites is 1. The number of carbonyl (C=O) groups is 2. The maximum Gasteiger partial charge on any atom is 0.321 e. The molecule has 1 unspecified atom stereocenters. The molecule has 1 atom stereocenters. The Hall–Kier alpha value is -2.08. The summed E-state index contributed by atoms with van der Waals surface area (Å²) >= 11 is 0. The molecule has 21 heavy (non-hydrogen) atoms. The summed E-state index contributed by atoms with van der Waals surface area (Å²) in [5, 5.41) is 11.5. The van der Waals surface area contributed by atoms with Gasteiger partial charge in [0.1, 0.15) is 0 Å². The van der Waals surface area contributed by atoms with Crippen molar-refractivity contribution in [3.63, 3.8) is 0 Å². The number of aryl methyl sites for hydroxylation is 1. The van der Waals surface area contributed by atoms with Crippen LogP contribution in [0.25, 0.3) is 0 Å². The van der Waals surface area contributed by atoms with Gasteiger partial charge in [-0.1, -0.05) is 18.2 Å². The lowest BCUT2D eigenvalue weighted by Crippen LogP contribution is -2.45. The highest BCUT2D eigenvalue weighted by Gasteiger charge is 2.23. The smallest absolute Gasteiger partial charge is 0.321 e. The molecule has 2 amide bonds. The van der Waals surface area contributed by atoms with Gasteiger partial charge < -0.3 is 15.2 Å². The first-order chi connectivity index (χ1) is 10.1. The van der Waals surface area contributed by atoms with Crippen molar-refractivity contribution in [2.45, 2.75) is 25.4 Å². The molecule has 0 saturated heterocycles. The van der Waals surface area contributed by atoms with Gasteiger partial charge in [0.2, 0.25) is 0 Å². The van der Waals surface area contributed by atoms with Crippen LogP contribution in [-0.2, 0) is 16.0 Å². The van der Waals surface area contributed by atoms with E-state index in [1.165, 1.54) is 7.11 Å². The van der Waals surface area contributed by atoms with Gasteiger partial charge in [-0.25, -0.2) is 4.79 Å². The molecular weight excluding hydrogens is 272 g/mol. The second-order valence-corrected chi connectivity index (χ2v) is 5.03. The number of anilines is 1. The predicted molar refractivity (Wildman–Crippen MR) is 78.6 cm³/mol. The van der Waals surface area contributed by atoms with Gasteiger partial charge in [-0.3, -0.25) is 9.69 Å². The number of fused-ring (bicyclic) bond motifs is 1. The van der Waals surface area contributed by atoms with Gasteiger partial charge in [0, 0.05) is 25.9 Å². The average molecular weight is 292 g/mol. The Labute approximate surface area is 123 Å². The largest absolute Gasteiger partial charge is 0.481 e. The van der Waals surface area contributed by atoms with E-state index in [2.05, 4.69) is 5.32 Å². The molecule has 2 rings (SSSR count). The number of hydrogen-bond donors (Lipinski definition) is 2. The van der Waals surface area contributed by atoms with Gasteiger partial charge in [0.05, 0.1) is 12.5 Å². The highest BCUT2D eigenvalue weighted by atomic mass is 16.5. The zero-order valence-corrected chi connectivity index (χ0v) is 12.0. The number of rotatable bonds is 5. The minimum atomic E-state index is -0.945. The first-order valence-electron chi connectivity index (χ1n) is 6.99. The van der Waals surface area contributed by atoms with Crippen molar-refractivity contribution in [2.24, 2.45) is 0 Å². The zero-order chi connectivity index (χ0) is 15.2. The number of carbonyl (C=O) groups excluding carboxylic acids is 1. The van der Waals surface area contributed by atoms with Gasteiger partial charge in [-0.05, 0) is 24.5 Å². The van der Waals surface area contributed by atoms with Crippen molar-refractivity contribution < 1.29 is 19.4 Å². The fourth-order valence-corrected chi connectivity index (χ4v) is 2.47. The Kier molecular flexibility index (Phi) is 5.16. The van der Waals surface area contributed by atoms with E-state index < -0.39 is 12.1 Å². The lowest BCUT2D eigenvalue weighted by atomic mass is 10.0. The summed E-state index contributed by atoms with van der Waals surface area (Å²) < 4.78 is 5.05. The summed E-state index contributed by atoms with van der Waals surface area (Å²) in [7, 11) is 1.44. The third-order valence-corrected chi connectivity index (χ3v) is 3.57. The van der Waals surface area contributed by atoms with Crippen LogP contribution in [0.15, 0.2) is 24.3 Å². The van der Waals surface area contributed by atoms with Crippen LogP contribution in [-0.4, -0.2) is 43.4 Å². The summed E-state index contributed by atoms with van der Waals surface area (Å²) in [5.74, 6) is -0.945. The van der Waals surface area contributed by atoms with Crippen LogP contribution < -0.4 is 10.2 Å². The van der Waals surface area contributed by atoms with Crippen molar-refractivity contribution in [3.8, 4) is 0 Å². The van der Waals surface area contributed by atoms with Crippen LogP contribution in [0, 0.1) is 0 Å². The van der Waals surface area contributed by atoms with Crippen LogP contribution >= 0.6 is 0 Å². The van der Waals surface area contributed by atoms with Gasteiger partial charge in [-0.15, -0.1) is 0 Å². The molecule has 0 aromatic heterocycles. The Bertz CT molecular complexity index is 518. The fraction of sp³-hybridized carbons (Fsp3) is 0.467. The molecule has 0 spiro atoms. The summed E-state index contributed by atoms with van der Waals surface area (Å²) in [6.45, 7) is 0.847. The highest BCUT2D eigenvalue weighted by Crippen LogP contribution is 2.26. The van der Waals surface area contributed by atoms with Crippen molar-refractivity contribution in [1.82, 2.24) is 5.32 Å². The minimum Gasteiger partial charge on any atom is -0.481 e. The molecule has 0 radical (unpaired) electrons. The van der Waals surface area contributed by atoms with Crippen LogP contribution in [0.4, 0.5) is 10.5 Å². The number of benzene rings is 1. The molecule has 1 aliphatic rings. The first-order valence-corrected chi connectivity index (χ1v) is 6.99. The number of ether oxygens (including phenoxy) is 1. The van der Waals surface area contributed by atoms with Gasteiger partial charge in [0.15, 0.2) is 0 Å². The summed E-state index contributed by atoms with van der Waals surface area (Å²) in [5.41, 5.74) is 2.08. The van der Waals surface area contributed by atoms with Gasteiger partial charge >= 0.3 is 12.0 Å². The Morgan fingerprint density at radius 3 is 2.90 bits per heavy atom. The molecule has 0 aliphatic carbocycles. The standard InChI is InChI=1S/C15H20N2O4/c1-21-12(9-14(18)19)10-16-15(20)17-8-4-6-11-5-2-3-7-13(11)17/h2-3,5,7,12H,4,6,8-10H2,1H3,(H,16,20)(H,18,19). The van der Waals surface area contributed by atoms with Gasteiger partial charge in [-0.2, -0.15) is 0 Å². The SMILES string of the molecule is COC(CNC(=O)N1CCCc2ccccc21)CC(=O)O. The number of methoxy groups -OCH3 is 1. The fourth-order valence-electron chi connectivity index (χ4n) is 2.47. The normalized spacial score (nSPS) is 15.2. The number of carboxylic acid groups (broad SMARTS) is 1. The number of hydrogen-bond acceptors (Lipinski definition) is 3. The summed E-state index contributed by atoms with van der Waals surface area (Å²) in [6, 6.07) is 7.62. The van der Waals surface area contributed by atoms with E-state index in [4.69, 9.17) is 9.84 Å². The maximum absolute atomic E-state index is 12.3. The van der Waals surface area contributed by atoms with Gasteiger partial charge in [0.25, 0.3) is 0 Å². The van der Waals surface area contributed by atoms with E-state index >= 15 is 0 Å². The number of nitrogens with one attached hydrogen (secondary N) is 1. The second-order valence-electron chi connectivity index (χ2n) is 5.03.